The third-order valence-electron chi connectivity index (χ3n) is 6.59. The Kier molecular flexibility index (Phi) is 7.41. The van der Waals surface area contributed by atoms with E-state index in [2.05, 4.69) is 5.10 Å². The number of esters is 1. The van der Waals surface area contributed by atoms with Gasteiger partial charge in [0.05, 0.1) is 35.0 Å². The molecule has 4 N–H and O–H groups in total. The highest BCUT2D eigenvalue weighted by molar-refractivity contribution is 7.20. The van der Waals surface area contributed by atoms with Crippen LogP contribution in [0.1, 0.15) is 28.6 Å². The smallest absolute Gasteiger partial charge is 0.310 e. The number of ether oxygens (including phenoxy) is 1. The van der Waals surface area contributed by atoms with Crippen LogP contribution in [0.3, 0.4) is 0 Å². The summed E-state index contributed by atoms with van der Waals surface area (Å²) in [5.41, 5.74) is 20.3. The van der Waals surface area contributed by atoms with E-state index in [9.17, 15) is 4.79 Å². The molecule has 0 aliphatic heterocycles. The molecule has 0 aliphatic carbocycles. The second-order valence-electron chi connectivity index (χ2n) is 9.17. The number of fused-ring (bicyclic) bond motifs is 2. The van der Waals surface area contributed by atoms with Gasteiger partial charge in [0.1, 0.15) is 5.01 Å². The normalized spacial score (nSPS) is 12.4. The largest absolute Gasteiger partial charge is 0.466 e. The third-order valence-corrected chi connectivity index (χ3v) is 7.98. The Morgan fingerprint density at radius 2 is 1.95 bits per heavy atom. The van der Waals surface area contributed by atoms with Gasteiger partial charge in [-0.3, -0.25) is 9.48 Å². The number of carbonyl (C=O) groups excluding carboxylic acids is 1. The summed E-state index contributed by atoms with van der Waals surface area (Å²) in [6, 6.07) is 15.6. The number of aromatic nitrogens is 3. The summed E-state index contributed by atoms with van der Waals surface area (Å²) in [6.07, 6.45) is 5.32. The molecule has 0 unspecified atom stereocenters. The zero-order valence-corrected chi connectivity index (χ0v) is 23.4. The number of nitrogens with two attached hydrogens (primary N) is 2. The molecular weight excluding hydrogens is 530 g/mol. The van der Waals surface area contributed by atoms with Crippen LogP contribution in [-0.2, 0) is 23.0 Å². The molecule has 0 saturated carbocycles. The summed E-state index contributed by atoms with van der Waals surface area (Å²) in [4.78, 5) is 17.4. The first kappa shape index (κ1) is 26.5. The van der Waals surface area contributed by atoms with Gasteiger partial charge in [-0.05, 0) is 72.5 Å². The molecule has 9 heteroatoms. The van der Waals surface area contributed by atoms with Crippen molar-refractivity contribution in [2.75, 3.05) is 6.61 Å². The van der Waals surface area contributed by atoms with Gasteiger partial charge in [-0.2, -0.15) is 5.10 Å². The van der Waals surface area contributed by atoms with Crippen LogP contribution in [0.2, 0.25) is 5.02 Å². The molecule has 0 radical (unpaired) electrons. The second kappa shape index (κ2) is 10.9. The molecule has 0 atom stereocenters. The lowest BCUT2D eigenvalue weighted by Crippen LogP contribution is -2.09. The molecule has 2 heterocycles. The SMILES string of the molecule is CCOC(=O)Cc1c(C)cc2nc(C(/C=C(\N)c3ccc4c(cnn4C)c3)=C/N)sc2c1-c1ccc(Cl)cc1. The number of thiazole rings is 1. The van der Waals surface area contributed by atoms with Crippen LogP contribution in [0.25, 0.3) is 43.5 Å². The first-order valence-electron chi connectivity index (χ1n) is 12.4. The zero-order valence-electron chi connectivity index (χ0n) is 21.9. The van der Waals surface area contributed by atoms with Gasteiger partial charge in [-0.15, -0.1) is 11.3 Å². The Morgan fingerprint density at radius 1 is 1.18 bits per heavy atom. The number of hydrogen-bond acceptors (Lipinski definition) is 7. The van der Waals surface area contributed by atoms with E-state index >= 15 is 0 Å². The highest BCUT2D eigenvalue weighted by Crippen LogP contribution is 2.40. The zero-order chi connectivity index (χ0) is 27.7. The average Bonchev–Trinajstić information content (AvgIpc) is 3.51. The van der Waals surface area contributed by atoms with Crippen LogP contribution in [0.5, 0.6) is 0 Å². The molecule has 198 valence electrons. The van der Waals surface area contributed by atoms with Crippen LogP contribution in [0.4, 0.5) is 0 Å². The first-order valence-corrected chi connectivity index (χ1v) is 13.6. The lowest BCUT2D eigenvalue weighted by molar-refractivity contribution is -0.142. The van der Waals surface area contributed by atoms with Crippen LogP contribution >= 0.6 is 22.9 Å². The van der Waals surface area contributed by atoms with E-state index in [1.54, 1.807) is 6.92 Å². The molecule has 3 aromatic carbocycles. The number of benzene rings is 3. The minimum absolute atomic E-state index is 0.157. The molecular formula is C30H28ClN5O2S. The van der Waals surface area contributed by atoms with Crippen molar-refractivity contribution in [2.45, 2.75) is 20.3 Å². The maximum Gasteiger partial charge on any atom is 0.310 e. The fourth-order valence-electron chi connectivity index (χ4n) is 4.64. The molecule has 39 heavy (non-hydrogen) atoms. The van der Waals surface area contributed by atoms with Crippen LogP contribution in [-0.4, -0.2) is 27.3 Å². The average molecular weight is 558 g/mol. The summed E-state index contributed by atoms with van der Waals surface area (Å²) in [6.45, 7) is 4.12. The second-order valence-corrected chi connectivity index (χ2v) is 10.6. The van der Waals surface area contributed by atoms with Crippen molar-refractivity contribution in [3.05, 3.63) is 93.7 Å². The highest BCUT2D eigenvalue weighted by Gasteiger charge is 2.20. The fraction of sp³-hybridized carbons (Fsp3) is 0.167. The van der Waals surface area contributed by atoms with Crippen LogP contribution in [0, 0.1) is 6.92 Å². The third kappa shape index (κ3) is 5.26. The van der Waals surface area contributed by atoms with Crippen molar-refractivity contribution in [3.63, 3.8) is 0 Å². The number of nitrogens with zero attached hydrogens (tertiary/aromatic N) is 3. The first-order chi connectivity index (χ1) is 18.8. The Labute approximate surface area is 235 Å². The molecule has 0 aliphatic rings. The number of aryl methyl sites for hydroxylation is 2. The molecule has 0 fully saturated rings. The van der Waals surface area contributed by atoms with Gasteiger partial charge in [0.25, 0.3) is 0 Å². The molecule has 5 rings (SSSR count). The summed E-state index contributed by atoms with van der Waals surface area (Å²) in [5, 5.41) is 6.67. The van der Waals surface area contributed by atoms with Crippen LogP contribution in [0.15, 0.2) is 67.0 Å². The predicted octanol–water partition coefficient (Wildman–Crippen LogP) is 6.22. The van der Waals surface area contributed by atoms with E-state index in [1.165, 1.54) is 17.5 Å². The van der Waals surface area contributed by atoms with Crippen molar-refractivity contribution in [2.24, 2.45) is 18.5 Å². The molecule has 0 bridgehead atoms. The van der Waals surface area contributed by atoms with Gasteiger partial charge in [0.15, 0.2) is 0 Å². The van der Waals surface area contributed by atoms with Crippen molar-refractivity contribution < 1.29 is 9.53 Å². The van der Waals surface area contributed by atoms with Gasteiger partial charge in [0.2, 0.25) is 0 Å². The number of halogens is 1. The van der Waals surface area contributed by atoms with Crippen molar-refractivity contribution in [1.82, 2.24) is 14.8 Å². The lowest BCUT2D eigenvalue weighted by atomic mass is 9.93. The summed E-state index contributed by atoms with van der Waals surface area (Å²) < 4.78 is 8.04. The lowest BCUT2D eigenvalue weighted by Gasteiger charge is -2.14. The van der Waals surface area contributed by atoms with E-state index in [0.29, 0.717) is 22.9 Å². The number of hydrogen-bond donors (Lipinski definition) is 2. The molecule has 7 nitrogen and oxygen atoms in total. The van der Waals surface area contributed by atoms with Gasteiger partial charge >= 0.3 is 5.97 Å². The predicted molar refractivity (Wildman–Crippen MR) is 160 cm³/mol. The molecule has 0 spiro atoms. The summed E-state index contributed by atoms with van der Waals surface area (Å²) in [5.74, 6) is -0.274. The maximum absolute atomic E-state index is 12.5. The standard InChI is InChI=1S/C30H28ClN5O2S/c1-4-38-27(37)14-23-17(2)11-25-29(28(23)18-5-8-22(31)9-6-18)39-30(35-25)20(15-32)13-24(33)19-7-10-26-21(12-19)16-34-36(26)3/h5-13,15-16H,4,14,32-33H2,1-3H3/b20-15+,24-13-. The summed E-state index contributed by atoms with van der Waals surface area (Å²) >= 11 is 7.69. The van der Waals surface area contributed by atoms with Crippen LogP contribution < -0.4 is 11.5 Å². The van der Waals surface area contributed by atoms with E-state index in [-0.39, 0.29) is 12.4 Å². The van der Waals surface area contributed by atoms with Gasteiger partial charge < -0.3 is 16.2 Å². The minimum Gasteiger partial charge on any atom is -0.466 e. The quantitative estimate of drug-likeness (QED) is 0.182. The van der Waals surface area contributed by atoms with Gasteiger partial charge in [-0.25, -0.2) is 4.98 Å². The topological polar surface area (TPSA) is 109 Å². The number of allylic oxidation sites excluding steroid dienone is 2. The molecule has 0 amide bonds. The van der Waals surface area contributed by atoms with E-state index in [1.807, 2.05) is 79.5 Å². The fourth-order valence-corrected chi connectivity index (χ4v) is 5.90. The maximum atomic E-state index is 12.5. The number of rotatable bonds is 7. The minimum atomic E-state index is -0.274. The monoisotopic (exact) mass is 557 g/mol. The van der Waals surface area contributed by atoms with Crippen molar-refractivity contribution >= 4 is 61.3 Å². The summed E-state index contributed by atoms with van der Waals surface area (Å²) in [7, 11) is 1.90. The van der Waals surface area contributed by atoms with Crippen molar-refractivity contribution in [1.29, 1.82) is 0 Å². The Morgan fingerprint density at radius 3 is 2.67 bits per heavy atom. The molecule has 2 aromatic heterocycles. The Balaban J connectivity index is 1.61. The Bertz CT molecular complexity index is 1770. The van der Waals surface area contributed by atoms with E-state index in [0.717, 1.165) is 53.9 Å². The van der Waals surface area contributed by atoms with Gasteiger partial charge in [-0.1, -0.05) is 29.8 Å². The molecule has 0 saturated heterocycles. The highest BCUT2D eigenvalue weighted by atomic mass is 35.5. The van der Waals surface area contributed by atoms with E-state index in [4.69, 9.17) is 32.8 Å². The molecule has 5 aromatic rings. The van der Waals surface area contributed by atoms with Gasteiger partial charge in [0, 0.05) is 40.5 Å². The Hall–Kier alpha value is -4.14. The van der Waals surface area contributed by atoms with Crippen molar-refractivity contribution in [3.8, 4) is 11.1 Å². The van der Waals surface area contributed by atoms with E-state index < -0.39 is 0 Å². The number of carbonyl (C=O) groups is 1.